The second-order valence-electron chi connectivity index (χ2n) is 6.98. The maximum Gasteiger partial charge on any atom is 0.263 e. The van der Waals surface area contributed by atoms with E-state index in [1.165, 1.54) is 11.3 Å². The summed E-state index contributed by atoms with van der Waals surface area (Å²) in [5, 5.41) is 3.41. The number of benzene rings is 1. The van der Waals surface area contributed by atoms with Gasteiger partial charge in [-0.1, -0.05) is 48.2 Å². The standard InChI is InChI=1S/C22H23N3O2S2/c1-2-11-25-21(27)19-17(16-8-4-3-5-9-16)15-29-20(19)23-22(25)28-14-7-13-24-12-6-10-18(24)26/h2-5,8-9,15H,1,6-7,10-14H2. The van der Waals surface area contributed by atoms with E-state index in [4.69, 9.17) is 4.98 Å². The first-order valence-electron chi connectivity index (χ1n) is 9.78. The Hall–Kier alpha value is -2.38. The Bertz CT molecular complexity index is 1090. The van der Waals surface area contributed by atoms with Crippen molar-refractivity contribution in [3.8, 4) is 11.1 Å². The number of hydrogen-bond donors (Lipinski definition) is 0. The van der Waals surface area contributed by atoms with Crippen LogP contribution < -0.4 is 5.56 Å². The zero-order valence-corrected chi connectivity index (χ0v) is 17.8. The molecular weight excluding hydrogens is 402 g/mol. The van der Waals surface area contributed by atoms with Gasteiger partial charge in [-0.15, -0.1) is 17.9 Å². The highest BCUT2D eigenvalue weighted by molar-refractivity contribution is 7.99. The summed E-state index contributed by atoms with van der Waals surface area (Å²) in [6.45, 7) is 5.88. The minimum absolute atomic E-state index is 0.0211. The maximum absolute atomic E-state index is 13.3. The lowest BCUT2D eigenvalue weighted by Gasteiger charge is -2.15. The van der Waals surface area contributed by atoms with Gasteiger partial charge >= 0.3 is 0 Å². The molecule has 2 aromatic heterocycles. The number of carbonyl (C=O) groups excluding carboxylic acids is 1. The Morgan fingerprint density at radius 1 is 1.24 bits per heavy atom. The Kier molecular flexibility index (Phi) is 6.16. The number of carbonyl (C=O) groups is 1. The summed E-state index contributed by atoms with van der Waals surface area (Å²) < 4.78 is 1.71. The maximum atomic E-state index is 13.3. The van der Waals surface area contributed by atoms with E-state index in [1.54, 1.807) is 22.4 Å². The number of hydrogen-bond acceptors (Lipinski definition) is 5. The number of likely N-dealkylation sites (tertiary alicyclic amines) is 1. The van der Waals surface area contributed by atoms with Gasteiger partial charge in [0.15, 0.2) is 5.16 Å². The van der Waals surface area contributed by atoms with E-state index in [0.29, 0.717) is 18.4 Å². The molecule has 1 aliphatic heterocycles. The molecular formula is C22H23N3O2S2. The fourth-order valence-corrected chi connectivity index (χ4v) is 5.52. The molecule has 0 radical (unpaired) electrons. The highest BCUT2D eigenvalue weighted by Gasteiger charge is 2.20. The molecule has 0 bridgehead atoms. The van der Waals surface area contributed by atoms with Gasteiger partial charge in [-0.25, -0.2) is 4.98 Å². The van der Waals surface area contributed by atoms with Gasteiger partial charge in [0, 0.05) is 42.8 Å². The Balaban J connectivity index is 1.59. The average Bonchev–Trinajstić information content (AvgIpc) is 3.35. The van der Waals surface area contributed by atoms with Crippen LogP contribution in [0.5, 0.6) is 0 Å². The van der Waals surface area contributed by atoms with Crippen LogP contribution in [-0.2, 0) is 11.3 Å². The normalized spacial score (nSPS) is 14.1. The zero-order chi connectivity index (χ0) is 20.2. The lowest BCUT2D eigenvalue weighted by Crippen LogP contribution is -2.26. The predicted molar refractivity (Wildman–Crippen MR) is 121 cm³/mol. The van der Waals surface area contributed by atoms with Crippen LogP contribution in [-0.4, -0.2) is 39.2 Å². The van der Waals surface area contributed by atoms with E-state index in [2.05, 4.69) is 6.58 Å². The third-order valence-electron chi connectivity index (χ3n) is 5.03. The van der Waals surface area contributed by atoms with Gasteiger partial charge in [0.25, 0.3) is 5.56 Å². The third-order valence-corrected chi connectivity index (χ3v) is 6.96. The Labute approximate surface area is 178 Å². The Morgan fingerprint density at radius 2 is 2.07 bits per heavy atom. The first kappa shape index (κ1) is 19.9. The van der Waals surface area contributed by atoms with E-state index in [9.17, 15) is 9.59 Å². The summed E-state index contributed by atoms with van der Waals surface area (Å²) in [6.07, 6.45) is 4.26. The number of nitrogens with zero attached hydrogens (tertiary/aromatic N) is 3. The molecule has 0 atom stereocenters. The number of allylic oxidation sites excluding steroid dienone is 1. The molecule has 1 amide bonds. The average molecular weight is 426 g/mol. The van der Waals surface area contributed by atoms with Crippen molar-refractivity contribution >= 4 is 39.2 Å². The Morgan fingerprint density at radius 3 is 2.79 bits per heavy atom. The number of thiophene rings is 1. The second kappa shape index (κ2) is 8.97. The molecule has 5 nitrogen and oxygen atoms in total. The van der Waals surface area contributed by atoms with Crippen molar-refractivity contribution in [2.75, 3.05) is 18.8 Å². The summed E-state index contributed by atoms with van der Waals surface area (Å²) in [4.78, 5) is 32.5. The fraction of sp³-hybridized carbons (Fsp3) is 0.318. The highest BCUT2D eigenvalue weighted by atomic mass is 32.2. The van der Waals surface area contributed by atoms with Crippen LogP contribution in [0.15, 0.2) is 58.3 Å². The van der Waals surface area contributed by atoms with Gasteiger partial charge in [0.05, 0.1) is 5.39 Å². The molecule has 1 saturated heterocycles. The summed E-state index contributed by atoms with van der Waals surface area (Å²) >= 11 is 3.09. The molecule has 150 valence electrons. The monoisotopic (exact) mass is 425 g/mol. The first-order valence-corrected chi connectivity index (χ1v) is 11.6. The highest BCUT2D eigenvalue weighted by Crippen LogP contribution is 2.32. The third kappa shape index (κ3) is 4.16. The van der Waals surface area contributed by atoms with Gasteiger partial charge < -0.3 is 4.90 Å². The van der Waals surface area contributed by atoms with Gasteiger partial charge in [-0.2, -0.15) is 0 Å². The molecule has 1 fully saturated rings. The molecule has 29 heavy (non-hydrogen) atoms. The van der Waals surface area contributed by atoms with Crippen LogP contribution in [0, 0.1) is 0 Å². The molecule has 4 rings (SSSR count). The van der Waals surface area contributed by atoms with Crippen molar-refractivity contribution in [3.63, 3.8) is 0 Å². The molecule has 3 aromatic rings. The van der Waals surface area contributed by atoms with Crippen LogP contribution in [0.3, 0.4) is 0 Å². The molecule has 0 unspecified atom stereocenters. The van der Waals surface area contributed by atoms with E-state index in [1.807, 2.05) is 40.6 Å². The SMILES string of the molecule is C=CCn1c(SCCCN2CCCC2=O)nc2scc(-c3ccccc3)c2c1=O. The fourth-order valence-electron chi connectivity index (χ4n) is 3.60. The van der Waals surface area contributed by atoms with E-state index < -0.39 is 0 Å². The van der Waals surface area contributed by atoms with Crippen LogP contribution in [0.4, 0.5) is 0 Å². The van der Waals surface area contributed by atoms with Crippen LogP contribution >= 0.6 is 23.1 Å². The molecule has 7 heteroatoms. The van der Waals surface area contributed by atoms with Gasteiger partial charge in [-0.05, 0) is 18.4 Å². The molecule has 0 N–H and O–H groups in total. The molecule has 1 aromatic carbocycles. The molecule has 3 heterocycles. The van der Waals surface area contributed by atoms with Crippen molar-refractivity contribution < 1.29 is 4.79 Å². The van der Waals surface area contributed by atoms with Crippen LogP contribution in [0.25, 0.3) is 21.3 Å². The van der Waals surface area contributed by atoms with E-state index in [-0.39, 0.29) is 11.5 Å². The number of fused-ring (bicyclic) bond motifs is 1. The predicted octanol–water partition coefficient (Wildman–Crippen LogP) is 4.42. The van der Waals surface area contributed by atoms with Crippen molar-refractivity contribution in [1.82, 2.24) is 14.5 Å². The minimum atomic E-state index is -0.0211. The molecule has 0 saturated carbocycles. The van der Waals surface area contributed by atoms with Crippen molar-refractivity contribution in [1.29, 1.82) is 0 Å². The van der Waals surface area contributed by atoms with Gasteiger partial charge in [0.1, 0.15) is 4.83 Å². The first-order chi connectivity index (χ1) is 14.2. The van der Waals surface area contributed by atoms with Crippen molar-refractivity contribution in [3.05, 3.63) is 58.7 Å². The topological polar surface area (TPSA) is 55.2 Å². The molecule has 0 aliphatic carbocycles. The largest absolute Gasteiger partial charge is 0.343 e. The second-order valence-corrected chi connectivity index (χ2v) is 8.90. The number of amides is 1. The van der Waals surface area contributed by atoms with E-state index >= 15 is 0 Å². The van der Waals surface area contributed by atoms with Gasteiger partial charge in [-0.3, -0.25) is 14.2 Å². The van der Waals surface area contributed by atoms with Crippen molar-refractivity contribution in [2.45, 2.75) is 31.0 Å². The lowest BCUT2D eigenvalue weighted by molar-refractivity contribution is -0.127. The smallest absolute Gasteiger partial charge is 0.263 e. The number of rotatable bonds is 8. The van der Waals surface area contributed by atoms with Crippen LogP contribution in [0.2, 0.25) is 0 Å². The summed E-state index contributed by atoms with van der Waals surface area (Å²) in [5.74, 6) is 1.07. The quantitative estimate of drug-likeness (QED) is 0.232. The molecule has 0 spiro atoms. The lowest BCUT2D eigenvalue weighted by atomic mass is 10.1. The number of aromatic nitrogens is 2. The van der Waals surface area contributed by atoms with Gasteiger partial charge in [0.2, 0.25) is 5.91 Å². The summed E-state index contributed by atoms with van der Waals surface area (Å²) in [6, 6.07) is 9.95. The number of thioether (sulfide) groups is 1. The summed E-state index contributed by atoms with van der Waals surface area (Å²) in [7, 11) is 0. The van der Waals surface area contributed by atoms with E-state index in [0.717, 1.165) is 52.8 Å². The van der Waals surface area contributed by atoms with Crippen molar-refractivity contribution in [2.24, 2.45) is 0 Å². The molecule has 1 aliphatic rings. The summed E-state index contributed by atoms with van der Waals surface area (Å²) in [5.41, 5.74) is 1.94. The zero-order valence-electron chi connectivity index (χ0n) is 16.2. The van der Waals surface area contributed by atoms with Crippen LogP contribution in [0.1, 0.15) is 19.3 Å². The minimum Gasteiger partial charge on any atom is -0.343 e.